The van der Waals surface area contributed by atoms with Crippen molar-refractivity contribution in [2.24, 2.45) is 5.92 Å². The molecule has 2 saturated heterocycles. The molecule has 2 rings (SSSR count). The summed E-state index contributed by atoms with van der Waals surface area (Å²) in [6, 6.07) is 0. The molecule has 0 N–H and O–H groups in total. The van der Waals surface area contributed by atoms with Crippen LogP contribution >= 0.6 is 0 Å². The van der Waals surface area contributed by atoms with Gasteiger partial charge in [0.1, 0.15) is 0 Å². The molecule has 0 aromatic heterocycles. The average molecular weight is 182 g/mol. The first kappa shape index (κ1) is 9.47. The van der Waals surface area contributed by atoms with Crippen molar-refractivity contribution in [2.75, 3.05) is 32.7 Å². The Morgan fingerprint density at radius 1 is 1.00 bits per heavy atom. The van der Waals surface area contributed by atoms with Crippen molar-refractivity contribution in [2.45, 2.75) is 32.7 Å². The predicted molar refractivity (Wildman–Crippen MR) is 55.9 cm³/mol. The van der Waals surface area contributed by atoms with Crippen LogP contribution in [0.5, 0.6) is 0 Å². The second-order valence-corrected chi connectivity index (χ2v) is 5.57. The Morgan fingerprint density at radius 3 is 2.46 bits per heavy atom. The molecule has 2 aliphatic rings. The Kier molecular flexibility index (Phi) is 2.37. The van der Waals surface area contributed by atoms with Crippen LogP contribution in [0.1, 0.15) is 27.2 Å². The molecule has 13 heavy (non-hydrogen) atoms. The van der Waals surface area contributed by atoms with E-state index in [1.165, 1.54) is 39.1 Å². The van der Waals surface area contributed by atoms with Gasteiger partial charge in [0.15, 0.2) is 0 Å². The largest absolute Gasteiger partial charge is 0.302 e. The van der Waals surface area contributed by atoms with E-state index in [4.69, 9.17) is 0 Å². The van der Waals surface area contributed by atoms with Gasteiger partial charge in [-0.2, -0.15) is 0 Å². The fourth-order valence-electron chi connectivity index (χ4n) is 2.54. The zero-order chi connectivity index (χ0) is 9.47. The van der Waals surface area contributed by atoms with Crippen LogP contribution in [0.25, 0.3) is 0 Å². The van der Waals surface area contributed by atoms with Gasteiger partial charge in [-0.3, -0.25) is 4.90 Å². The number of fused-ring (bicyclic) bond motifs is 2. The van der Waals surface area contributed by atoms with Crippen LogP contribution in [-0.4, -0.2) is 48.1 Å². The van der Waals surface area contributed by atoms with Crippen molar-refractivity contribution < 1.29 is 0 Å². The third-order valence-corrected chi connectivity index (χ3v) is 3.48. The minimum Gasteiger partial charge on any atom is -0.302 e. The highest BCUT2D eigenvalue weighted by Crippen LogP contribution is 2.24. The van der Waals surface area contributed by atoms with Gasteiger partial charge in [-0.1, -0.05) is 0 Å². The summed E-state index contributed by atoms with van der Waals surface area (Å²) in [5.74, 6) is 0.946. The summed E-state index contributed by atoms with van der Waals surface area (Å²) in [4.78, 5) is 5.27. The van der Waals surface area contributed by atoms with Crippen LogP contribution in [0, 0.1) is 5.92 Å². The first-order chi connectivity index (χ1) is 6.05. The van der Waals surface area contributed by atoms with E-state index in [2.05, 4.69) is 30.6 Å². The minimum absolute atomic E-state index is 0.367. The van der Waals surface area contributed by atoms with Crippen LogP contribution in [0.4, 0.5) is 0 Å². The fourth-order valence-corrected chi connectivity index (χ4v) is 2.54. The standard InChI is InChI=1S/C11H22N2/c1-11(2,3)13-7-6-12-5-4-10(8-12)9-13/h10H,4-9H2,1-3H3. The monoisotopic (exact) mass is 182 g/mol. The molecule has 2 heteroatoms. The van der Waals surface area contributed by atoms with Crippen molar-refractivity contribution in [3.05, 3.63) is 0 Å². The molecule has 0 amide bonds. The molecule has 0 aromatic carbocycles. The van der Waals surface area contributed by atoms with Gasteiger partial charge in [-0.25, -0.2) is 0 Å². The summed E-state index contributed by atoms with van der Waals surface area (Å²) < 4.78 is 0. The molecule has 0 aliphatic carbocycles. The predicted octanol–water partition coefficient (Wildman–Crippen LogP) is 1.42. The molecule has 2 bridgehead atoms. The van der Waals surface area contributed by atoms with Gasteiger partial charge in [0.05, 0.1) is 0 Å². The molecule has 0 saturated carbocycles. The zero-order valence-corrected chi connectivity index (χ0v) is 9.21. The van der Waals surface area contributed by atoms with Crippen molar-refractivity contribution in [1.29, 1.82) is 0 Å². The molecule has 2 atom stereocenters. The molecule has 0 spiro atoms. The van der Waals surface area contributed by atoms with Crippen LogP contribution in [0.3, 0.4) is 0 Å². The fraction of sp³-hybridized carbons (Fsp3) is 1.00. The summed E-state index contributed by atoms with van der Waals surface area (Å²) in [6.07, 6.45) is 1.42. The maximum absolute atomic E-state index is 2.65. The number of rotatable bonds is 0. The third kappa shape index (κ3) is 2.05. The van der Waals surface area contributed by atoms with Crippen LogP contribution in [0.2, 0.25) is 0 Å². The summed E-state index contributed by atoms with van der Waals surface area (Å²) in [5.41, 5.74) is 0.367. The van der Waals surface area contributed by atoms with E-state index in [9.17, 15) is 0 Å². The Bertz CT molecular complexity index is 183. The Morgan fingerprint density at radius 2 is 1.77 bits per heavy atom. The lowest BCUT2D eigenvalue weighted by Crippen LogP contribution is -2.45. The minimum atomic E-state index is 0.367. The quantitative estimate of drug-likeness (QED) is 0.559. The van der Waals surface area contributed by atoms with E-state index in [0.29, 0.717) is 5.54 Å². The molecule has 0 radical (unpaired) electrons. The van der Waals surface area contributed by atoms with Gasteiger partial charge < -0.3 is 4.90 Å². The molecule has 2 heterocycles. The smallest absolute Gasteiger partial charge is 0.0125 e. The highest BCUT2D eigenvalue weighted by Gasteiger charge is 2.32. The first-order valence-electron chi connectivity index (χ1n) is 5.53. The second-order valence-electron chi connectivity index (χ2n) is 5.57. The molecule has 2 nitrogen and oxygen atoms in total. The van der Waals surface area contributed by atoms with E-state index in [1.54, 1.807) is 0 Å². The zero-order valence-electron chi connectivity index (χ0n) is 9.21. The van der Waals surface area contributed by atoms with Gasteiger partial charge in [-0.15, -0.1) is 0 Å². The molecule has 2 unspecified atom stereocenters. The maximum Gasteiger partial charge on any atom is 0.0125 e. The van der Waals surface area contributed by atoms with E-state index >= 15 is 0 Å². The molecule has 2 aliphatic heterocycles. The Balaban J connectivity index is 2.01. The maximum atomic E-state index is 2.65. The van der Waals surface area contributed by atoms with Crippen LogP contribution in [-0.2, 0) is 0 Å². The number of nitrogens with zero attached hydrogens (tertiary/aromatic N) is 2. The highest BCUT2D eigenvalue weighted by atomic mass is 15.3. The second kappa shape index (κ2) is 3.25. The van der Waals surface area contributed by atoms with Crippen molar-refractivity contribution in [3.63, 3.8) is 0 Å². The normalized spacial score (nSPS) is 36.2. The molecule has 0 aromatic rings. The SMILES string of the molecule is CC(C)(C)N1CCN2CCC(C2)C1. The first-order valence-corrected chi connectivity index (χ1v) is 5.53. The van der Waals surface area contributed by atoms with E-state index < -0.39 is 0 Å². The molecule has 76 valence electrons. The third-order valence-electron chi connectivity index (χ3n) is 3.48. The lowest BCUT2D eigenvalue weighted by atomic mass is 10.0. The van der Waals surface area contributed by atoms with E-state index in [1.807, 2.05) is 0 Å². The summed E-state index contributed by atoms with van der Waals surface area (Å²) in [5, 5.41) is 0. The Hall–Kier alpha value is -0.0800. The van der Waals surface area contributed by atoms with Crippen LogP contribution in [0.15, 0.2) is 0 Å². The molecule has 2 fully saturated rings. The summed E-state index contributed by atoms with van der Waals surface area (Å²) in [7, 11) is 0. The topological polar surface area (TPSA) is 6.48 Å². The average Bonchev–Trinajstić information content (AvgIpc) is 2.27. The summed E-state index contributed by atoms with van der Waals surface area (Å²) in [6.45, 7) is 13.6. The van der Waals surface area contributed by atoms with Crippen molar-refractivity contribution in [1.82, 2.24) is 9.80 Å². The van der Waals surface area contributed by atoms with Gasteiger partial charge in [0.25, 0.3) is 0 Å². The van der Waals surface area contributed by atoms with Crippen molar-refractivity contribution >= 4 is 0 Å². The van der Waals surface area contributed by atoms with Gasteiger partial charge in [0, 0.05) is 31.7 Å². The molecular weight excluding hydrogens is 160 g/mol. The number of hydrogen-bond donors (Lipinski definition) is 0. The van der Waals surface area contributed by atoms with Crippen LogP contribution < -0.4 is 0 Å². The van der Waals surface area contributed by atoms with Gasteiger partial charge in [0.2, 0.25) is 0 Å². The Labute approximate surface area is 81.9 Å². The highest BCUT2D eigenvalue weighted by molar-refractivity contribution is 4.87. The molecular formula is C11H22N2. The lowest BCUT2D eigenvalue weighted by molar-refractivity contribution is 0.119. The lowest BCUT2D eigenvalue weighted by Gasteiger charge is -2.36. The van der Waals surface area contributed by atoms with Crippen molar-refractivity contribution in [3.8, 4) is 0 Å². The van der Waals surface area contributed by atoms with Gasteiger partial charge in [-0.05, 0) is 39.7 Å². The number of hydrogen-bond acceptors (Lipinski definition) is 2. The van der Waals surface area contributed by atoms with Gasteiger partial charge >= 0.3 is 0 Å². The van der Waals surface area contributed by atoms with E-state index in [0.717, 1.165) is 5.92 Å². The summed E-state index contributed by atoms with van der Waals surface area (Å²) >= 11 is 0. The van der Waals surface area contributed by atoms with E-state index in [-0.39, 0.29) is 0 Å².